The van der Waals surface area contributed by atoms with Gasteiger partial charge in [0.1, 0.15) is 5.82 Å². The van der Waals surface area contributed by atoms with Gasteiger partial charge < -0.3 is 10.5 Å². The molecule has 1 atom stereocenters. The largest absolute Gasteiger partial charge is 0.469 e. The summed E-state index contributed by atoms with van der Waals surface area (Å²) >= 11 is 0. The molecule has 3 nitrogen and oxygen atoms in total. The van der Waals surface area contributed by atoms with Crippen LogP contribution in [-0.4, -0.2) is 13.1 Å². The smallest absolute Gasteiger partial charge is 0.307 e. The van der Waals surface area contributed by atoms with Crippen LogP contribution < -0.4 is 5.73 Å². The number of carbonyl (C=O) groups excluding carboxylic acids is 1. The predicted molar refractivity (Wildman–Crippen MR) is 57.2 cm³/mol. The van der Waals surface area contributed by atoms with Crippen molar-refractivity contribution in [2.75, 3.05) is 7.11 Å². The van der Waals surface area contributed by atoms with E-state index in [-0.39, 0.29) is 30.6 Å². The number of nitrogens with two attached hydrogens (primary N) is 1. The molecular formula is C10H13ClFNO2. The second-order valence-corrected chi connectivity index (χ2v) is 2.94. The summed E-state index contributed by atoms with van der Waals surface area (Å²) < 4.78 is 17.0. The van der Waals surface area contributed by atoms with E-state index in [1.165, 1.54) is 19.2 Å². The van der Waals surface area contributed by atoms with Gasteiger partial charge >= 0.3 is 5.97 Å². The average molecular weight is 234 g/mol. The number of methoxy groups -OCH3 is 1. The summed E-state index contributed by atoms with van der Waals surface area (Å²) in [6.45, 7) is 0. The lowest BCUT2D eigenvalue weighted by atomic mass is 10.1. The minimum Gasteiger partial charge on any atom is -0.469 e. The van der Waals surface area contributed by atoms with Crippen LogP contribution in [0, 0.1) is 5.82 Å². The van der Waals surface area contributed by atoms with Crippen molar-refractivity contribution < 1.29 is 13.9 Å². The number of esters is 1. The zero-order valence-corrected chi connectivity index (χ0v) is 9.09. The predicted octanol–water partition coefficient (Wildman–Crippen LogP) is 1.81. The van der Waals surface area contributed by atoms with E-state index in [0.717, 1.165) is 5.56 Å². The molecule has 0 amide bonds. The number of carbonyl (C=O) groups is 1. The van der Waals surface area contributed by atoms with Crippen molar-refractivity contribution >= 4 is 18.4 Å². The van der Waals surface area contributed by atoms with Crippen LogP contribution in [0.3, 0.4) is 0 Å². The Kier molecular flexibility index (Phi) is 5.89. The fourth-order valence-electron chi connectivity index (χ4n) is 1.09. The van der Waals surface area contributed by atoms with Crippen LogP contribution in [0.2, 0.25) is 0 Å². The Hall–Kier alpha value is -1.13. The summed E-state index contributed by atoms with van der Waals surface area (Å²) in [4.78, 5) is 10.9. The molecule has 1 rings (SSSR count). The van der Waals surface area contributed by atoms with E-state index in [1.54, 1.807) is 12.1 Å². The molecule has 5 heteroatoms. The molecule has 0 spiro atoms. The molecule has 15 heavy (non-hydrogen) atoms. The molecule has 0 unspecified atom stereocenters. The van der Waals surface area contributed by atoms with E-state index in [1.807, 2.05) is 0 Å². The Balaban J connectivity index is 0.00000196. The molecule has 1 aromatic carbocycles. The topological polar surface area (TPSA) is 52.3 Å². The van der Waals surface area contributed by atoms with Crippen LogP contribution >= 0.6 is 12.4 Å². The number of ether oxygens (including phenoxy) is 1. The Morgan fingerprint density at radius 1 is 1.47 bits per heavy atom. The molecule has 0 fully saturated rings. The third kappa shape index (κ3) is 4.27. The Morgan fingerprint density at radius 2 is 2.00 bits per heavy atom. The van der Waals surface area contributed by atoms with Gasteiger partial charge in [-0.1, -0.05) is 12.1 Å². The van der Waals surface area contributed by atoms with Gasteiger partial charge in [-0.2, -0.15) is 0 Å². The third-order valence-corrected chi connectivity index (χ3v) is 1.91. The van der Waals surface area contributed by atoms with Crippen molar-refractivity contribution in [3.05, 3.63) is 35.6 Å². The number of rotatable bonds is 3. The van der Waals surface area contributed by atoms with Crippen molar-refractivity contribution in [3.8, 4) is 0 Å². The minimum atomic E-state index is -0.442. The molecule has 0 heterocycles. The maximum absolute atomic E-state index is 12.5. The second-order valence-electron chi connectivity index (χ2n) is 2.94. The summed E-state index contributed by atoms with van der Waals surface area (Å²) in [6, 6.07) is 5.30. The number of benzene rings is 1. The summed E-state index contributed by atoms with van der Waals surface area (Å²) in [5, 5.41) is 0. The van der Waals surface area contributed by atoms with Crippen molar-refractivity contribution in [3.63, 3.8) is 0 Å². The van der Waals surface area contributed by atoms with Gasteiger partial charge in [0.15, 0.2) is 0 Å². The first-order valence-corrected chi connectivity index (χ1v) is 4.21. The molecule has 0 aliphatic carbocycles. The van der Waals surface area contributed by atoms with Crippen LogP contribution in [0.15, 0.2) is 24.3 Å². The quantitative estimate of drug-likeness (QED) is 0.811. The van der Waals surface area contributed by atoms with E-state index in [2.05, 4.69) is 4.74 Å². The van der Waals surface area contributed by atoms with Crippen LogP contribution in [-0.2, 0) is 9.53 Å². The summed E-state index contributed by atoms with van der Waals surface area (Å²) in [5.74, 6) is -0.694. The normalized spacial score (nSPS) is 11.4. The van der Waals surface area contributed by atoms with E-state index in [9.17, 15) is 9.18 Å². The highest BCUT2D eigenvalue weighted by Crippen LogP contribution is 2.14. The summed E-state index contributed by atoms with van der Waals surface area (Å²) in [6.07, 6.45) is 0.0993. The fourth-order valence-corrected chi connectivity index (χ4v) is 1.09. The lowest BCUT2D eigenvalue weighted by molar-refractivity contribution is -0.141. The molecule has 84 valence electrons. The maximum atomic E-state index is 12.5. The van der Waals surface area contributed by atoms with Gasteiger partial charge in [-0.05, 0) is 17.7 Å². The zero-order chi connectivity index (χ0) is 10.6. The van der Waals surface area contributed by atoms with Gasteiger partial charge in [0.05, 0.1) is 13.5 Å². The van der Waals surface area contributed by atoms with Gasteiger partial charge in [-0.15, -0.1) is 12.4 Å². The van der Waals surface area contributed by atoms with E-state index in [0.29, 0.717) is 0 Å². The molecule has 0 bridgehead atoms. The molecule has 0 radical (unpaired) electrons. The monoisotopic (exact) mass is 233 g/mol. The fraction of sp³-hybridized carbons (Fsp3) is 0.300. The zero-order valence-electron chi connectivity index (χ0n) is 8.27. The lowest BCUT2D eigenvalue weighted by Crippen LogP contribution is -2.16. The van der Waals surface area contributed by atoms with Crippen LogP contribution in [0.1, 0.15) is 18.0 Å². The molecule has 2 N–H and O–H groups in total. The molecule has 0 aromatic heterocycles. The minimum absolute atomic E-state index is 0. The Morgan fingerprint density at radius 3 is 2.47 bits per heavy atom. The molecule has 0 saturated heterocycles. The van der Waals surface area contributed by atoms with Crippen molar-refractivity contribution in [2.45, 2.75) is 12.5 Å². The van der Waals surface area contributed by atoms with Crippen molar-refractivity contribution in [1.29, 1.82) is 0 Å². The first-order chi connectivity index (χ1) is 6.63. The van der Waals surface area contributed by atoms with Gasteiger partial charge in [-0.25, -0.2) is 4.39 Å². The van der Waals surface area contributed by atoms with Crippen molar-refractivity contribution in [1.82, 2.24) is 0 Å². The standard InChI is InChI=1S/C10H12FNO2.ClH/c1-14-10(13)6-9(12)7-2-4-8(11)5-3-7;/h2-5,9H,6,12H2,1H3;1H/t9-;/m0./s1. The Labute approximate surface area is 93.8 Å². The van der Waals surface area contributed by atoms with E-state index >= 15 is 0 Å². The van der Waals surface area contributed by atoms with Crippen LogP contribution in [0.25, 0.3) is 0 Å². The second kappa shape index (κ2) is 6.37. The molecular weight excluding hydrogens is 221 g/mol. The van der Waals surface area contributed by atoms with Crippen molar-refractivity contribution in [2.24, 2.45) is 5.73 Å². The number of hydrogen-bond donors (Lipinski definition) is 1. The van der Waals surface area contributed by atoms with Gasteiger partial charge in [-0.3, -0.25) is 4.79 Å². The maximum Gasteiger partial charge on any atom is 0.307 e. The van der Waals surface area contributed by atoms with Gasteiger partial charge in [0.25, 0.3) is 0 Å². The summed E-state index contributed by atoms with van der Waals surface area (Å²) in [5.41, 5.74) is 6.42. The SMILES string of the molecule is COC(=O)C[C@H](N)c1ccc(F)cc1.Cl. The van der Waals surface area contributed by atoms with Gasteiger partial charge in [0, 0.05) is 6.04 Å². The molecule has 1 aromatic rings. The first kappa shape index (κ1) is 13.9. The highest BCUT2D eigenvalue weighted by atomic mass is 35.5. The van der Waals surface area contributed by atoms with Crippen LogP contribution in [0.4, 0.5) is 4.39 Å². The number of halogens is 2. The molecule has 0 saturated carbocycles. The van der Waals surface area contributed by atoms with Crippen LogP contribution in [0.5, 0.6) is 0 Å². The molecule has 0 aliphatic rings. The average Bonchev–Trinajstić information content (AvgIpc) is 2.18. The first-order valence-electron chi connectivity index (χ1n) is 4.21. The Bertz CT molecular complexity index is 316. The van der Waals surface area contributed by atoms with E-state index in [4.69, 9.17) is 5.73 Å². The van der Waals surface area contributed by atoms with E-state index < -0.39 is 6.04 Å². The molecule has 0 aliphatic heterocycles. The van der Waals surface area contributed by atoms with Gasteiger partial charge in [0.2, 0.25) is 0 Å². The highest BCUT2D eigenvalue weighted by molar-refractivity contribution is 5.85. The number of hydrogen-bond acceptors (Lipinski definition) is 3. The highest BCUT2D eigenvalue weighted by Gasteiger charge is 2.11. The summed E-state index contributed by atoms with van der Waals surface area (Å²) in [7, 11) is 1.31. The third-order valence-electron chi connectivity index (χ3n) is 1.91. The lowest BCUT2D eigenvalue weighted by Gasteiger charge is -2.09.